The number of allylic oxidation sites excluding steroid dienone is 2. The molecule has 2 aliphatic carbocycles. The Morgan fingerprint density at radius 3 is 2.02 bits per heavy atom. The molecule has 5 aromatic carbocycles. The number of nitrogens with zero attached hydrogens (tertiary/aromatic N) is 2. The van der Waals surface area contributed by atoms with E-state index in [0.717, 1.165) is 4.90 Å². The summed E-state index contributed by atoms with van der Waals surface area (Å²) in [5, 5.41) is 13.3. The van der Waals surface area contributed by atoms with Crippen molar-refractivity contribution in [1.82, 2.24) is 0 Å². The van der Waals surface area contributed by atoms with Gasteiger partial charge in [0.05, 0.1) is 45.7 Å². The molecule has 294 valence electrons. The van der Waals surface area contributed by atoms with Crippen LogP contribution in [0.25, 0.3) is 10.8 Å². The van der Waals surface area contributed by atoms with Crippen molar-refractivity contribution in [2.45, 2.75) is 36.5 Å². The van der Waals surface area contributed by atoms with Crippen molar-refractivity contribution < 1.29 is 50.6 Å². The number of benzene rings is 5. The van der Waals surface area contributed by atoms with Crippen molar-refractivity contribution in [2.75, 3.05) is 9.80 Å². The smallest absolute Gasteiger partial charge is 0.416 e. The minimum absolute atomic E-state index is 0.0822. The lowest BCUT2D eigenvalue weighted by atomic mass is 9.48. The molecule has 2 heterocycles. The van der Waals surface area contributed by atoms with E-state index in [1.54, 1.807) is 84.9 Å². The highest BCUT2D eigenvalue weighted by molar-refractivity contribution is 6.32. The number of aromatic hydroxyl groups is 1. The Hall–Kier alpha value is -5.95. The Bertz CT molecular complexity index is 2590. The molecule has 0 radical (unpaired) electrons. The van der Waals surface area contributed by atoms with Crippen molar-refractivity contribution in [3.8, 4) is 5.75 Å². The summed E-state index contributed by atoms with van der Waals surface area (Å²) in [6.45, 7) is 0. The van der Waals surface area contributed by atoms with Crippen LogP contribution in [0.3, 0.4) is 0 Å². The van der Waals surface area contributed by atoms with Gasteiger partial charge in [-0.2, -0.15) is 26.3 Å². The zero-order chi connectivity index (χ0) is 41.1. The molecular formula is C44H29ClF6N2O5. The quantitative estimate of drug-likeness (QED) is 0.111. The van der Waals surface area contributed by atoms with Crippen molar-refractivity contribution in [3.05, 3.63) is 148 Å². The van der Waals surface area contributed by atoms with Gasteiger partial charge in [0.1, 0.15) is 5.75 Å². The molecule has 2 saturated heterocycles. The molecule has 3 fully saturated rings. The summed E-state index contributed by atoms with van der Waals surface area (Å²) in [5.74, 6) is -9.50. The van der Waals surface area contributed by atoms with Crippen molar-refractivity contribution >= 4 is 57.4 Å². The molecule has 4 aliphatic rings. The SMILES string of the molecule is O=C1[C@H]2[C@H](CC=C3[C@H]2C[C@H]2C(=O)N(c4cccc(Cl)c4)C(=O)[C@@]2(c2ccccc2)[C@H]3c2c(O)ccc3ccccc23)C(=O)N1c1cc(C(F)(F)F)cc(C(F)(F)F)c1. The first-order chi connectivity index (χ1) is 27.5. The number of amides is 4. The molecule has 1 saturated carbocycles. The number of alkyl halides is 6. The van der Waals surface area contributed by atoms with E-state index in [-0.39, 0.29) is 40.9 Å². The Morgan fingerprint density at radius 2 is 1.34 bits per heavy atom. The molecule has 6 atom stereocenters. The fraction of sp³-hybridized carbons (Fsp3) is 0.227. The third kappa shape index (κ3) is 5.42. The highest BCUT2D eigenvalue weighted by Gasteiger charge is 2.70. The van der Waals surface area contributed by atoms with Crippen molar-refractivity contribution in [1.29, 1.82) is 0 Å². The predicted octanol–water partition coefficient (Wildman–Crippen LogP) is 9.60. The van der Waals surface area contributed by atoms with Gasteiger partial charge < -0.3 is 5.11 Å². The first-order valence-corrected chi connectivity index (χ1v) is 18.7. The van der Waals surface area contributed by atoms with Crippen LogP contribution in [0.5, 0.6) is 5.75 Å². The van der Waals surface area contributed by atoms with E-state index in [2.05, 4.69) is 0 Å². The van der Waals surface area contributed by atoms with Crippen molar-refractivity contribution in [2.24, 2.45) is 23.7 Å². The topological polar surface area (TPSA) is 95.0 Å². The van der Waals surface area contributed by atoms with Crippen LogP contribution in [-0.4, -0.2) is 28.7 Å². The first-order valence-electron chi connectivity index (χ1n) is 18.3. The molecule has 7 nitrogen and oxygen atoms in total. The first kappa shape index (κ1) is 37.6. The summed E-state index contributed by atoms with van der Waals surface area (Å²) in [7, 11) is 0. The fourth-order valence-electron chi connectivity index (χ4n) is 9.97. The van der Waals surface area contributed by atoms with Crippen LogP contribution >= 0.6 is 11.6 Å². The molecule has 5 aromatic rings. The number of halogens is 7. The third-order valence-corrected chi connectivity index (χ3v) is 12.5. The fourth-order valence-corrected chi connectivity index (χ4v) is 10.2. The van der Waals surface area contributed by atoms with Crippen LogP contribution in [0.1, 0.15) is 41.0 Å². The Morgan fingerprint density at radius 1 is 0.672 bits per heavy atom. The van der Waals surface area contributed by atoms with Crippen molar-refractivity contribution in [3.63, 3.8) is 0 Å². The van der Waals surface area contributed by atoms with E-state index in [9.17, 15) is 41.0 Å². The second-order valence-electron chi connectivity index (χ2n) is 15.1. The Labute approximate surface area is 331 Å². The molecule has 58 heavy (non-hydrogen) atoms. The number of anilines is 2. The average molecular weight is 815 g/mol. The monoisotopic (exact) mass is 814 g/mol. The molecular weight excluding hydrogens is 786 g/mol. The predicted molar refractivity (Wildman–Crippen MR) is 201 cm³/mol. The lowest BCUT2D eigenvalue weighted by Crippen LogP contribution is -2.53. The zero-order valence-electron chi connectivity index (χ0n) is 29.9. The number of rotatable bonds is 4. The number of phenolic OH excluding ortho intramolecular Hbond substituents is 1. The maximum absolute atomic E-state index is 15.5. The third-order valence-electron chi connectivity index (χ3n) is 12.2. The van der Waals surface area contributed by atoms with Crippen LogP contribution in [0, 0.1) is 23.7 Å². The minimum atomic E-state index is -5.24. The number of carbonyl (C=O) groups is 4. The molecule has 9 rings (SSSR count). The van der Waals surface area contributed by atoms with Gasteiger partial charge in [-0.15, -0.1) is 0 Å². The molecule has 0 unspecified atom stereocenters. The van der Waals surface area contributed by atoms with E-state index in [1.165, 1.54) is 12.1 Å². The van der Waals surface area contributed by atoms with Gasteiger partial charge in [0.2, 0.25) is 23.6 Å². The molecule has 1 N–H and O–H groups in total. The van der Waals surface area contributed by atoms with Crippen LogP contribution in [0.15, 0.2) is 121 Å². The van der Waals surface area contributed by atoms with E-state index in [0.29, 0.717) is 38.9 Å². The second kappa shape index (κ2) is 13.0. The van der Waals surface area contributed by atoms with Gasteiger partial charge in [0, 0.05) is 16.5 Å². The maximum Gasteiger partial charge on any atom is 0.416 e. The largest absolute Gasteiger partial charge is 0.508 e. The van der Waals surface area contributed by atoms with Gasteiger partial charge in [-0.1, -0.05) is 90.0 Å². The molecule has 4 amide bonds. The minimum Gasteiger partial charge on any atom is -0.508 e. The second-order valence-corrected chi connectivity index (χ2v) is 15.5. The number of imide groups is 2. The van der Waals surface area contributed by atoms with Crippen LogP contribution in [0.4, 0.5) is 37.7 Å². The summed E-state index contributed by atoms with van der Waals surface area (Å²) in [4.78, 5) is 60.8. The van der Waals surface area contributed by atoms with E-state index in [1.807, 2.05) is 0 Å². The maximum atomic E-state index is 15.5. The van der Waals surface area contributed by atoms with E-state index < -0.39 is 87.8 Å². The lowest BCUT2D eigenvalue weighted by Gasteiger charge is -2.51. The number of hydrogen-bond donors (Lipinski definition) is 1. The average Bonchev–Trinajstić information content (AvgIpc) is 3.58. The summed E-state index contributed by atoms with van der Waals surface area (Å²) in [6.07, 6.45) is -9.17. The van der Waals surface area contributed by atoms with Gasteiger partial charge in [0.15, 0.2) is 0 Å². The number of fused-ring (bicyclic) bond motifs is 5. The van der Waals surface area contributed by atoms with E-state index in [4.69, 9.17) is 11.6 Å². The van der Waals surface area contributed by atoms with Crippen LogP contribution < -0.4 is 9.80 Å². The van der Waals surface area contributed by atoms with Gasteiger partial charge in [0.25, 0.3) is 0 Å². The summed E-state index contributed by atoms with van der Waals surface area (Å²) in [5.41, 5.74) is -4.72. The molecule has 2 aliphatic heterocycles. The van der Waals surface area contributed by atoms with Gasteiger partial charge >= 0.3 is 12.4 Å². The summed E-state index contributed by atoms with van der Waals surface area (Å²) >= 11 is 6.37. The standard InChI is InChI=1S/C44H29ClF6N2O5/c45-26-10-6-11-27(20-26)53-39(56)33-21-32-30(14-15-31-35(32)40(57)52(38(31)55)28-18-24(43(46,47)48)17-25(19-28)44(49,50)51)37(42(33,41(53)58)23-8-2-1-3-9-23)36-29-12-5-4-7-22(29)13-16-34(36)54/h1-14,16-20,31-33,35,37,54H,15,21H2/t31-,32+,33-,35-,37+,42+/m0/s1. The highest BCUT2D eigenvalue weighted by atomic mass is 35.5. The number of carbonyl (C=O) groups excluding carboxylic acids is 4. The Balaban J connectivity index is 1.28. The normalized spacial score (nSPS) is 25.8. The summed E-state index contributed by atoms with van der Waals surface area (Å²) in [6, 6.07) is 25.6. The zero-order valence-corrected chi connectivity index (χ0v) is 30.6. The van der Waals surface area contributed by atoms with Gasteiger partial charge in [-0.3, -0.25) is 19.2 Å². The van der Waals surface area contributed by atoms with E-state index >= 15 is 9.59 Å². The summed E-state index contributed by atoms with van der Waals surface area (Å²) < 4.78 is 83.8. The number of hydrogen-bond acceptors (Lipinski definition) is 5. The van der Waals surface area contributed by atoms with Gasteiger partial charge in [-0.05, 0) is 77.6 Å². The molecule has 0 spiro atoms. The lowest BCUT2D eigenvalue weighted by molar-refractivity contribution is -0.143. The molecule has 14 heteroatoms. The highest BCUT2D eigenvalue weighted by Crippen LogP contribution is 2.66. The van der Waals surface area contributed by atoms with Crippen LogP contribution in [0.2, 0.25) is 5.02 Å². The molecule has 0 bridgehead atoms. The molecule has 0 aromatic heterocycles. The number of phenols is 1. The van der Waals surface area contributed by atoms with Crippen LogP contribution in [-0.2, 0) is 36.9 Å². The Kier molecular flexibility index (Phi) is 8.45. The van der Waals surface area contributed by atoms with Gasteiger partial charge in [-0.25, -0.2) is 9.80 Å².